The summed E-state index contributed by atoms with van der Waals surface area (Å²) in [4.78, 5) is 18.6. The van der Waals surface area contributed by atoms with Crippen LogP contribution >= 0.6 is 0 Å². The Morgan fingerprint density at radius 1 is 1.37 bits per heavy atom. The van der Waals surface area contributed by atoms with Gasteiger partial charge in [-0.05, 0) is 31.2 Å². The molecule has 2 heterocycles. The molecule has 0 saturated carbocycles. The average Bonchev–Trinajstić information content (AvgIpc) is 2.86. The number of carbonyl (C=O) groups excluding carboxylic acids is 1. The van der Waals surface area contributed by atoms with Crippen molar-refractivity contribution in [1.82, 2.24) is 9.88 Å². The molecule has 1 aromatic heterocycles. The van der Waals surface area contributed by atoms with Gasteiger partial charge in [0.1, 0.15) is 11.6 Å². The first-order valence-corrected chi connectivity index (χ1v) is 8.62. The first-order valence-electron chi connectivity index (χ1n) is 8.62. The normalized spacial score (nSPS) is 21.7. The Morgan fingerprint density at radius 2 is 2.15 bits per heavy atom. The van der Waals surface area contributed by atoms with Gasteiger partial charge in [0.2, 0.25) is 5.91 Å². The summed E-state index contributed by atoms with van der Waals surface area (Å²) in [5, 5.41) is 10.9. The Hall–Kier alpha value is -2.91. The highest BCUT2D eigenvalue weighted by molar-refractivity contribution is 5.88. The number of ether oxygens (including phenoxy) is 1. The number of pyridine rings is 1. The van der Waals surface area contributed by atoms with E-state index in [1.54, 1.807) is 32.3 Å². The molecule has 2 aromatic rings. The lowest BCUT2D eigenvalue weighted by Gasteiger charge is -2.22. The predicted molar refractivity (Wildman–Crippen MR) is 98.8 cm³/mol. The third kappa shape index (κ3) is 3.51. The summed E-state index contributed by atoms with van der Waals surface area (Å²) in [5.41, 5.74) is 1.27. The number of methoxy groups -OCH3 is 1. The molecule has 1 aliphatic rings. The lowest BCUT2D eigenvalue weighted by molar-refractivity contribution is -0.129. The standard InChI is InChI=1S/C21H21FN2O3/c1-4-7-13-10-15(22)18(17(11-13)27-3)19-20(25)16(24(2)21(19)26)12-14-8-5-6-9-23-14/h5-6,8-11,16,19-20,25H,12H2,1-3H3. The Balaban J connectivity index is 1.99. The molecule has 27 heavy (non-hydrogen) atoms. The molecule has 0 spiro atoms. The van der Waals surface area contributed by atoms with Crippen LogP contribution in [0.4, 0.5) is 4.39 Å². The summed E-state index contributed by atoms with van der Waals surface area (Å²) in [5.74, 6) is 3.68. The molecule has 1 saturated heterocycles. The molecular formula is C21H21FN2O3. The maximum atomic E-state index is 14.9. The molecule has 3 unspecified atom stereocenters. The van der Waals surface area contributed by atoms with Crippen LogP contribution in [0.15, 0.2) is 36.5 Å². The first kappa shape index (κ1) is 18.9. The highest BCUT2D eigenvalue weighted by Crippen LogP contribution is 2.40. The van der Waals surface area contributed by atoms with Crippen molar-refractivity contribution in [2.45, 2.75) is 31.4 Å². The number of halogens is 1. The fourth-order valence-electron chi connectivity index (χ4n) is 3.55. The van der Waals surface area contributed by atoms with Gasteiger partial charge in [-0.15, -0.1) is 5.92 Å². The Kier molecular flexibility index (Phi) is 5.43. The number of likely N-dealkylation sites (N-methyl/N-ethyl adjacent to an activating group) is 1. The zero-order chi connectivity index (χ0) is 19.6. The molecular weight excluding hydrogens is 347 g/mol. The molecule has 140 valence electrons. The van der Waals surface area contributed by atoms with Crippen LogP contribution in [0.5, 0.6) is 5.75 Å². The maximum Gasteiger partial charge on any atom is 0.233 e. The van der Waals surface area contributed by atoms with Gasteiger partial charge in [0.25, 0.3) is 0 Å². The highest BCUT2D eigenvalue weighted by atomic mass is 19.1. The van der Waals surface area contributed by atoms with E-state index in [0.717, 1.165) is 5.69 Å². The predicted octanol–water partition coefficient (Wildman–Crippen LogP) is 2.13. The second kappa shape index (κ2) is 7.77. The van der Waals surface area contributed by atoms with Crippen molar-refractivity contribution in [1.29, 1.82) is 0 Å². The summed E-state index contributed by atoms with van der Waals surface area (Å²) in [6.07, 6.45) is 0.951. The van der Waals surface area contributed by atoms with Crippen LogP contribution in [0.2, 0.25) is 0 Å². The third-order valence-corrected chi connectivity index (χ3v) is 4.88. The number of rotatable bonds is 4. The van der Waals surface area contributed by atoms with E-state index in [1.807, 2.05) is 12.1 Å². The van der Waals surface area contributed by atoms with Crippen LogP contribution in [0.25, 0.3) is 0 Å². The lowest BCUT2D eigenvalue weighted by Crippen LogP contribution is -2.36. The summed E-state index contributed by atoms with van der Waals surface area (Å²) in [6.45, 7) is 1.65. The van der Waals surface area contributed by atoms with Crippen molar-refractivity contribution in [2.75, 3.05) is 14.2 Å². The number of aliphatic hydroxyl groups is 1. The number of carbonyl (C=O) groups is 1. The molecule has 3 rings (SSSR count). The molecule has 1 aliphatic heterocycles. The Labute approximate surface area is 157 Å². The summed E-state index contributed by atoms with van der Waals surface area (Å²) < 4.78 is 20.2. The molecule has 3 atom stereocenters. The first-order chi connectivity index (χ1) is 13.0. The number of amides is 1. The quantitative estimate of drug-likeness (QED) is 0.840. The van der Waals surface area contributed by atoms with Gasteiger partial charge in [0.05, 0.1) is 25.2 Å². The van der Waals surface area contributed by atoms with Gasteiger partial charge in [-0.3, -0.25) is 9.78 Å². The summed E-state index contributed by atoms with van der Waals surface area (Å²) >= 11 is 0. The van der Waals surface area contributed by atoms with Crippen LogP contribution in [0, 0.1) is 17.7 Å². The Morgan fingerprint density at radius 3 is 2.78 bits per heavy atom. The van der Waals surface area contributed by atoms with Crippen molar-refractivity contribution in [3.63, 3.8) is 0 Å². The van der Waals surface area contributed by atoms with Crippen molar-refractivity contribution in [2.24, 2.45) is 0 Å². The molecule has 1 amide bonds. The summed E-state index contributed by atoms with van der Waals surface area (Å²) in [7, 11) is 3.02. The number of likely N-dealkylation sites (tertiary alicyclic amines) is 1. The largest absolute Gasteiger partial charge is 0.496 e. The fourth-order valence-corrected chi connectivity index (χ4v) is 3.55. The van der Waals surface area contributed by atoms with Gasteiger partial charge < -0.3 is 14.7 Å². The highest BCUT2D eigenvalue weighted by Gasteiger charge is 2.48. The number of nitrogens with zero attached hydrogens (tertiary/aromatic N) is 2. The van der Waals surface area contributed by atoms with E-state index in [2.05, 4.69) is 16.8 Å². The lowest BCUT2D eigenvalue weighted by atomic mass is 9.89. The second-order valence-electron chi connectivity index (χ2n) is 6.46. The molecule has 5 nitrogen and oxygen atoms in total. The topological polar surface area (TPSA) is 62.7 Å². The smallest absolute Gasteiger partial charge is 0.233 e. The van der Waals surface area contributed by atoms with Crippen molar-refractivity contribution in [3.8, 4) is 17.6 Å². The van der Waals surface area contributed by atoms with Gasteiger partial charge in [-0.1, -0.05) is 12.0 Å². The molecule has 1 fully saturated rings. The van der Waals surface area contributed by atoms with E-state index in [1.165, 1.54) is 18.1 Å². The van der Waals surface area contributed by atoms with Gasteiger partial charge in [0, 0.05) is 36.5 Å². The number of aliphatic hydroxyl groups excluding tert-OH is 1. The minimum Gasteiger partial charge on any atom is -0.496 e. The molecule has 0 bridgehead atoms. The number of aromatic nitrogens is 1. The van der Waals surface area contributed by atoms with Crippen LogP contribution in [-0.2, 0) is 11.2 Å². The number of hydrogen-bond acceptors (Lipinski definition) is 4. The van der Waals surface area contributed by atoms with Gasteiger partial charge in [-0.2, -0.15) is 0 Å². The van der Waals surface area contributed by atoms with E-state index < -0.39 is 23.9 Å². The van der Waals surface area contributed by atoms with E-state index in [0.29, 0.717) is 12.0 Å². The number of benzene rings is 1. The molecule has 0 radical (unpaired) electrons. The van der Waals surface area contributed by atoms with Crippen LogP contribution in [0.3, 0.4) is 0 Å². The number of hydrogen-bond donors (Lipinski definition) is 1. The van der Waals surface area contributed by atoms with E-state index in [9.17, 15) is 14.3 Å². The average molecular weight is 368 g/mol. The monoisotopic (exact) mass is 368 g/mol. The van der Waals surface area contributed by atoms with Gasteiger partial charge in [0.15, 0.2) is 0 Å². The molecule has 6 heteroatoms. The molecule has 1 N–H and O–H groups in total. The van der Waals surface area contributed by atoms with Crippen LogP contribution < -0.4 is 4.74 Å². The van der Waals surface area contributed by atoms with Gasteiger partial charge >= 0.3 is 0 Å². The van der Waals surface area contributed by atoms with E-state index >= 15 is 0 Å². The zero-order valence-corrected chi connectivity index (χ0v) is 15.4. The van der Waals surface area contributed by atoms with Crippen LogP contribution in [-0.4, -0.2) is 47.2 Å². The molecule has 0 aliphatic carbocycles. The maximum absolute atomic E-state index is 14.9. The zero-order valence-electron chi connectivity index (χ0n) is 15.4. The second-order valence-corrected chi connectivity index (χ2v) is 6.46. The van der Waals surface area contributed by atoms with E-state index in [-0.39, 0.29) is 17.2 Å². The molecule has 1 aromatic carbocycles. The van der Waals surface area contributed by atoms with Crippen molar-refractivity contribution in [3.05, 3.63) is 59.2 Å². The summed E-state index contributed by atoms with van der Waals surface area (Å²) in [6, 6.07) is 7.82. The fraction of sp³-hybridized carbons (Fsp3) is 0.333. The van der Waals surface area contributed by atoms with E-state index in [4.69, 9.17) is 4.74 Å². The minimum absolute atomic E-state index is 0.0621. The SMILES string of the molecule is CC#Cc1cc(F)c(C2C(=O)N(C)C(Cc3ccccn3)C2O)c(OC)c1. The van der Waals surface area contributed by atoms with Crippen molar-refractivity contribution >= 4 is 5.91 Å². The minimum atomic E-state index is -1.09. The van der Waals surface area contributed by atoms with Gasteiger partial charge in [-0.25, -0.2) is 4.39 Å². The Bertz CT molecular complexity index is 905. The third-order valence-electron chi connectivity index (χ3n) is 4.88. The van der Waals surface area contributed by atoms with Crippen LogP contribution in [0.1, 0.15) is 29.7 Å². The van der Waals surface area contributed by atoms with Crippen molar-refractivity contribution < 1.29 is 19.0 Å².